The lowest BCUT2D eigenvalue weighted by Gasteiger charge is -2.63. The van der Waals surface area contributed by atoms with E-state index in [-0.39, 0.29) is 22.7 Å². The molecule has 4 saturated carbocycles. The third kappa shape index (κ3) is 3.29. The van der Waals surface area contributed by atoms with Crippen molar-refractivity contribution in [2.75, 3.05) is 19.7 Å². The lowest BCUT2D eigenvalue weighted by molar-refractivity contribution is -0.200. The van der Waals surface area contributed by atoms with E-state index in [1.54, 1.807) is 6.08 Å². The second kappa shape index (κ2) is 8.07. The minimum Gasteiger partial charge on any atom is -0.458 e. The molecule has 0 radical (unpaired) electrons. The van der Waals surface area contributed by atoms with E-state index in [4.69, 9.17) is 9.84 Å². The lowest BCUT2D eigenvalue weighted by atomic mass is 9.43. The topological polar surface area (TPSA) is 95.3 Å². The van der Waals surface area contributed by atoms with Crippen LogP contribution in [0.2, 0.25) is 0 Å². The van der Waals surface area contributed by atoms with Gasteiger partial charge in [0.25, 0.3) is 0 Å². The summed E-state index contributed by atoms with van der Waals surface area (Å²) in [5, 5.41) is 20.4. The van der Waals surface area contributed by atoms with Crippen LogP contribution in [0.5, 0.6) is 0 Å². The van der Waals surface area contributed by atoms with E-state index >= 15 is 0 Å². The second-order valence-electron chi connectivity index (χ2n) is 12.3. The Bertz CT molecular complexity index is 960. The van der Waals surface area contributed by atoms with Gasteiger partial charge in [-0.25, -0.2) is 10.2 Å². The molecule has 7 atom stereocenters. The number of guanidine groups is 1. The number of nitrogens with zero attached hydrogens (tertiary/aromatic N) is 2. The van der Waals surface area contributed by atoms with Crippen molar-refractivity contribution in [1.29, 1.82) is 0 Å². The van der Waals surface area contributed by atoms with Gasteiger partial charge in [0.2, 0.25) is 5.96 Å². The molecule has 34 heavy (non-hydrogen) atoms. The molecule has 4 fully saturated rings. The Hall–Kier alpha value is -1.89. The zero-order valence-corrected chi connectivity index (χ0v) is 20.7. The summed E-state index contributed by atoms with van der Waals surface area (Å²) in [5.74, 6) is 2.42. The van der Waals surface area contributed by atoms with Crippen molar-refractivity contribution >= 4 is 17.6 Å². The first-order valence-electron chi connectivity index (χ1n) is 13.5. The molecule has 0 unspecified atom stereocenters. The van der Waals surface area contributed by atoms with Gasteiger partial charge in [0.15, 0.2) is 0 Å². The van der Waals surface area contributed by atoms with Gasteiger partial charge < -0.3 is 15.2 Å². The van der Waals surface area contributed by atoms with E-state index in [1.165, 1.54) is 18.6 Å². The van der Waals surface area contributed by atoms with Gasteiger partial charge in [-0.1, -0.05) is 13.8 Å². The Morgan fingerprint density at radius 2 is 2.06 bits per heavy atom. The number of aliphatic imine (C=N–C) groups is 1. The van der Waals surface area contributed by atoms with E-state index in [1.807, 2.05) is 0 Å². The summed E-state index contributed by atoms with van der Waals surface area (Å²) in [6.45, 7) is 7.06. The van der Waals surface area contributed by atoms with Crippen LogP contribution in [-0.4, -0.2) is 48.0 Å². The highest BCUT2D eigenvalue weighted by molar-refractivity contribution is 5.88. The molecule has 0 saturated heterocycles. The normalized spacial score (nSPS) is 47.0. The molecule has 2 heterocycles. The van der Waals surface area contributed by atoms with Crippen LogP contribution in [0.15, 0.2) is 21.7 Å². The Morgan fingerprint density at radius 1 is 1.18 bits per heavy atom. The summed E-state index contributed by atoms with van der Waals surface area (Å²) in [7, 11) is 0. The van der Waals surface area contributed by atoms with Crippen LogP contribution in [0.3, 0.4) is 0 Å². The van der Waals surface area contributed by atoms with Crippen LogP contribution in [0.4, 0.5) is 0 Å². The first kappa shape index (κ1) is 22.6. The monoisotopic (exact) mass is 468 g/mol. The van der Waals surface area contributed by atoms with E-state index in [9.17, 15) is 9.90 Å². The summed E-state index contributed by atoms with van der Waals surface area (Å²) >= 11 is 0. The van der Waals surface area contributed by atoms with Crippen molar-refractivity contribution in [3.8, 4) is 0 Å². The largest absolute Gasteiger partial charge is 0.458 e. The number of carbonyl (C=O) groups is 1. The fraction of sp³-hybridized carbons (Fsp3) is 0.815. The average Bonchev–Trinajstić information content (AvgIpc) is 3.38. The summed E-state index contributed by atoms with van der Waals surface area (Å²) in [6, 6.07) is 0. The zero-order valence-electron chi connectivity index (χ0n) is 20.7. The van der Waals surface area contributed by atoms with Crippen molar-refractivity contribution in [2.45, 2.75) is 83.7 Å². The third-order valence-electron chi connectivity index (χ3n) is 11.0. The number of carbonyl (C=O) groups excluding carboxylic acids is 1. The molecule has 186 valence electrons. The Labute approximate surface area is 202 Å². The molecule has 4 aliphatic carbocycles. The van der Waals surface area contributed by atoms with Crippen LogP contribution in [0, 0.1) is 34.5 Å². The first-order valence-corrected chi connectivity index (χ1v) is 13.5. The lowest BCUT2D eigenvalue weighted by Crippen LogP contribution is -2.62. The van der Waals surface area contributed by atoms with Gasteiger partial charge in [-0.3, -0.25) is 4.99 Å². The number of cyclic esters (lactones) is 1. The van der Waals surface area contributed by atoms with E-state index in [0.29, 0.717) is 24.4 Å². The van der Waals surface area contributed by atoms with Crippen molar-refractivity contribution in [3.05, 3.63) is 11.6 Å². The van der Waals surface area contributed by atoms with Crippen LogP contribution < -0.4 is 10.7 Å². The molecule has 2 aliphatic heterocycles. The van der Waals surface area contributed by atoms with Gasteiger partial charge in [-0.2, -0.15) is 5.10 Å². The van der Waals surface area contributed by atoms with Crippen molar-refractivity contribution in [3.63, 3.8) is 0 Å². The standard InChI is InChI=1S/C27H40N4O3/c1-25-9-6-19(30-31-24-28-12-3-13-29-24)15-18(25)4-5-22-21(25)7-10-26(2)20(8-11-27(22,26)33)17-14-23(32)34-16-17/h14,18,20-22,33H,3-13,15-16H2,1-2H3,(H2,28,29,31)/b30-19-/t18-,20-,21+,22-,25+,26-,27+/m1/s1. The second-order valence-corrected chi connectivity index (χ2v) is 12.3. The molecular formula is C27H40N4O3. The predicted octanol–water partition coefficient (Wildman–Crippen LogP) is 3.54. The minimum absolute atomic E-state index is 0.157. The highest BCUT2D eigenvalue weighted by Crippen LogP contribution is 2.69. The number of rotatable bonds is 2. The molecule has 0 aromatic carbocycles. The van der Waals surface area contributed by atoms with E-state index in [2.05, 4.69) is 29.6 Å². The third-order valence-corrected chi connectivity index (χ3v) is 11.0. The van der Waals surface area contributed by atoms with E-state index < -0.39 is 5.60 Å². The number of hydrogen-bond acceptors (Lipinski definition) is 7. The molecule has 0 aromatic heterocycles. The van der Waals surface area contributed by atoms with Gasteiger partial charge in [-0.15, -0.1) is 0 Å². The molecule has 7 heteroatoms. The molecule has 0 aromatic rings. The van der Waals surface area contributed by atoms with Crippen LogP contribution >= 0.6 is 0 Å². The number of hydrogen-bond donors (Lipinski definition) is 3. The molecule has 0 spiro atoms. The maximum Gasteiger partial charge on any atom is 0.331 e. The highest BCUT2D eigenvalue weighted by atomic mass is 16.5. The SMILES string of the molecule is C[C@]12CC/C(=N/NC3=NCCCN3)C[C@H]1CC[C@@H]1[C@@H]2CC[C@]2(C)[C@@H](C3=CC(=O)OC3)CC[C@]12O. The molecule has 6 aliphatic rings. The maximum atomic E-state index is 12.3. The van der Waals surface area contributed by atoms with Gasteiger partial charge >= 0.3 is 5.97 Å². The van der Waals surface area contributed by atoms with Crippen LogP contribution in [-0.2, 0) is 9.53 Å². The Kier molecular flexibility index (Phi) is 5.36. The predicted molar refractivity (Wildman–Crippen MR) is 131 cm³/mol. The first-order chi connectivity index (χ1) is 16.3. The smallest absolute Gasteiger partial charge is 0.331 e. The van der Waals surface area contributed by atoms with Crippen molar-refractivity contribution in [1.82, 2.24) is 10.7 Å². The summed E-state index contributed by atoms with van der Waals surface area (Å²) in [4.78, 5) is 16.2. The number of ether oxygens (including phenoxy) is 1. The zero-order chi connectivity index (χ0) is 23.6. The number of nitrogens with one attached hydrogen (secondary N) is 2. The number of hydrazone groups is 1. The summed E-state index contributed by atoms with van der Waals surface area (Å²) < 4.78 is 5.26. The highest BCUT2D eigenvalue weighted by Gasteiger charge is 2.67. The van der Waals surface area contributed by atoms with Gasteiger partial charge in [-0.05, 0) is 98.9 Å². The Balaban J connectivity index is 1.19. The van der Waals surface area contributed by atoms with Gasteiger partial charge in [0.05, 0.1) is 5.60 Å². The molecule has 0 amide bonds. The molecular weight excluding hydrogens is 428 g/mol. The number of esters is 1. The number of fused-ring (bicyclic) bond motifs is 5. The number of aliphatic hydroxyl groups is 1. The average molecular weight is 469 g/mol. The van der Waals surface area contributed by atoms with Crippen molar-refractivity contribution < 1.29 is 14.6 Å². The van der Waals surface area contributed by atoms with Crippen molar-refractivity contribution in [2.24, 2.45) is 44.6 Å². The van der Waals surface area contributed by atoms with Crippen LogP contribution in [0.25, 0.3) is 0 Å². The van der Waals surface area contributed by atoms with Gasteiger partial charge in [0, 0.05) is 30.3 Å². The molecule has 7 nitrogen and oxygen atoms in total. The summed E-state index contributed by atoms with van der Waals surface area (Å²) in [5.41, 5.74) is 5.04. The molecule has 6 rings (SSSR count). The van der Waals surface area contributed by atoms with Crippen LogP contribution in [0.1, 0.15) is 78.1 Å². The minimum atomic E-state index is -0.637. The molecule has 3 N–H and O–H groups in total. The fourth-order valence-electron chi connectivity index (χ4n) is 9.05. The van der Waals surface area contributed by atoms with Gasteiger partial charge in [0.1, 0.15) is 6.61 Å². The maximum absolute atomic E-state index is 12.3. The molecule has 0 bridgehead atoms. The van der Waals surface area contributed by atoms with E-state index in [0.717, 1.165) is 76.0 Å². The quantitative estimate of drug-likeness (QED) is 0.426. The Morgan fingerprint density at radius 3 is 2.82 bits per heavy atom. The fourth-order valence-corrected chi connectivity index (χ4v) is 9.05. The summed E-state index contributed by atoms with van der Waals surface area (Å²) in [6.07, 6.45) is 12.4.